The smallest absolute Gasteiger partial charge is 0.256 e. The first-order chi connectivity index (χ1) is 9.22. The predicted molar refractivity (Wildman–Crippen MR) is 82.8 cm³/mol. The minimum Gasteiger partial charge on any atom is -0.312 e. The minimum absolute atomic E-state index is 0.247. The highest BCUT2D eigenvalue weighted by molar-refractivity contribution is 8.22. The van der Waals surface area contributed by atoms with Crippen LogP contribution < -0.4 is 5.32 Å². The molecular weight excluding hydrogens is 276 g/mol. The van der Waals surface area contributed by atoms with Crippen LogP contribution in [-0.4, -0.2) is 17.4 Å². The molecule has 1 aromatic carbocycles. The maximum absolute atomic E-state index is 12.0. The summed E-state index contributed by atoms with van der Waals surface area (Å²) in [6.07, 6.45) is 0. The Morgan fingerprint density at radius 1 is 1.21 bits per heavy atom. The molecular formula is C14H16N2OS2. The van der Waals surface area contributed by atoms with Crippen molar-refractivity contribution in [1.82, 2.24) is 5.32 Å². The van der Waals surface area contributed by atoms with Crippen molar-refractivity contribution in [2.75, 3.05) is 11.5 Å². The summed E-state index contributed by atoms with van der Waals surface area (Å²) in [5, 5.41) is 11.9. The van der Waals surface area contributed by atoms with Gasteiger partial charge in [-0.1, -0.05) is 32.0 Å². The number of nitriles is 1. The zero-order chi connectivity index (χ0) is 14.1. The van der Waals surface area contributed by atoms with E-state index >= 15 is 0 Å². The third-order valence-electron chi connectivity index (χ3n) is 2.14. The third kappa shape index (κ3) is 5.01. The van der Waals surface area contributed by atoms with E-state index in [1.165, 1.54) is 0 Å². The van der Waals surface area contributed by atoms with Crippen molar-refractivity contribution in [2.45, 2.75) is 13.8 Å². The van der Waals surface area contributed by atoms with Crippen LogP contribution in [0, 0.1) is 11.3 Å². The van der Waals surface area contributed by atoms with Crippen molar-refractivity contribution in [3.63, 3.8) is 0 Å². The SMILES string of the molecule is CCSC(SCC)=C(C#N)NC(=O)c1ccccc1. The number of nitrogens with zero attached hydrogens (tertiary/aromatic N) is 1. The quantitative estimate of drug-likeness (QED) is 0.814. The van der Waals surface area contributed by atoms with Gasteiger partial charge in [0.1, 0.15) is 11.8 Å². The largest absolute Gasteiger partial charge is 0.312 e. The summed E-state index contributed by atoms with van der Waals surface area (Å²) in [7, 11) is 0. The second-order valence-corrected chi connectivity index (χ2v) is 6.27. The first-order valence-electron chi connectivity index (χ1n) is 5.99. The molecule has 1 aromatic rings. The van der Waals surface area contributed by atoms with Crippen molar-refractivity contribution >= 4 is 29.4 Å². The maximum Gasteiger partial charge on any atom is 0.256 e. The van der Waals surface area contributed by atoms with E-state index in [0.29, 0.717) is 11.3 Å². The number of carbonyl (C=O) groups is 1. The highest BCUT2D eigenvalue weighted by Crippen LogP contribution is 2.30. The van der Waals surface area contributed by atoms with Crippen LogP contribution in [0.15, 0.2) is 40.3 Å². The molecule has 0 saturated heterocycles. The highest BCUT2D eigenvalue weighted by Gasteiger charge is 2.12. The predicted octanol–water partition coefficient (Wildman–Crippen LogP) is 3.62. The topological polar surface area (TPSA) is 52.9 Å². The number of hydrogen-bond acceptors (Lipinski definition) is 4. The lowest BCUT2D eigenvalue weighted by molar-refractivity contribution is 0.0967. The van der Waals surface area contributed by atoms with Crippen LogP contribution in [0.25, 0.3) is 0 Å². The Kier molecular flexibility index (Phi) is 7.16. The van der Waals surface area contributed by atoms with Crippen LogP contribution in [0.5, 0.6) is 0 Å². The fourth-order valence-corrected chi connectivity index (χ4v) is 3.39. The fourth-order valence-electron chi connectivity index (χ4n) is 1.35. The Morgan fingerprint density at radius 3 is 2.26 bits per heavy atom. The number of thioether (sulfide) groups is 2. The standard InChI is InChI=1S/C14H16N2OS2/c1-3-18-14(19-4-2)12(10-15)16-13(17)11-8-6-5-7-9-11/h5-9H,3-4H2,1-2H3,(H,16,17). The van der Waals surface area contributed by atoms with Crippen molar-refractivity contribution < 1.29 is 4.79 Å². The summed E-state index contributed by atoms with van der Waals surface area (Å²) in [6, 6.07) is 11.0. The molecule has 0 atom stereocenters. The first-order valence-corrected chi connectivity index (χ1v) is 7.96. The average molecular weight is 292 g/mol. The van der Waals surface area contributed by atoms with Gasteiger partial charge >= 0.3 is 0 Å². The molecule has 0 aromatic heterocycles. The van der Waals surface area contributed by atoms with Gasteiger partial charge in [-0.05, 0) is 23.6 Å². The van der Waals surface area contributed by atoms with E-state index in [1.54, 1.807) is 47.8 Å². The summed E-state index contributed by atoms with van der Waals surface area (Å²) >= 11 is 3.15. The fraction of sp³-hybridized carbons (Fsp3) is 0.286. The van der Waals surface area contributed by atoms with E-state index in [-0.39, 0.29) is 5.91 Å². The summed E-state index contributed by atoms with van der Waals surface area (Å²) in [4.78, 5) is 12.0. The van der Waals surface area contributed by atoms with E-state index < -0.39 is 0 Å². The average Bonchev–Trinajstić information content (AvgIpc) is 2.45. The molecule has 0 aliphatic heterocycles. The zero-order valence-corrected chi connectivity index (χ0v) is 12.6. The minimum atomic E-state index is -0.247. The molecule has 0 saturated carbocycles. The number of carbonyl (C=O) groups excluding carboxylic acids is 1. The zero-order valence-electron chi connectivity index (χ0n) is 11.0. The van der Waals surface area contributed by atoms with Gasteiger partial charge in [0.2, 0.25) is 0 Å². The van der Waals surface area contributed by atoms with Crippen molar-refractivity contribution in [3.8, 4) is 6.07 Å². The molecule has 19 heavy (non-hydrogen) atoms. The highest BCUT2D eigenvalue weighted by atomic mass is 32.2. The number of benzene rings is 1. The summed E-state index contributed by atoms with van der Waals surface area (Å²) in [6.45, 7) is 4.05. The van der Waals surface area contributed by atoms with Gasteiger partial charge in [0.05, 0.1) is 4.24 Å². The number of rotatable bonds is 6. The lowest BCUT2D eigenvalue weighted by Crippen LogP contribution is -2.22. The number of amides is 1. The van der Waals surface area contributed by atoms with Gasteiger partial charge in [0, 0.05) is 5.56 Å². The first kappa shape index (κ1) is 15.7. The van der Waals surface area contributed by atoms with Crippen LogP contribution in [0.4, 0.5) is 0 Å². The van der Waals surface area contributed by atoms with Gasteiger partial charge in [0.15, 0.2) is 0 Å². The molecule has 1 rings (SSSR count). The molecule has 0 aliphatic rings. The van der Waals surface area contributed by atoms with Crippen LogP contribution in [0.1, 0.15) is 24.2 Å². The van der Waals surface area contributed by atoms with Crippen molar-refractivity contribution in [2.24, 2.45) is 0 Å². The summed E-state index contributed by atoms with van der Waals surface area (Å²) < 4.78 is 0.872. The number of nitrogens with one attached hydrogen (secondary N) is 1. The lowest BCUT2D eigenvalue weighted by atomic mass is 10.2. The lowest BCUT2D eigenvalue weighted by Gasteiger charge is -2.09. The van der Waals surface area contributed by atoms with Gasteiger partial charge in [0.25, 0.3) is 5.91 Å². The van der Waals surface area contributed by atoms with Crippen LogP contribution in [0.3, 0.4) is 0 Å². The van der Waals surface area contributed by atoms with Gasteiger partial charge in [-0.15, -0.1) is 23.5 Å². The summed E-state index contributed by atoms with van der Waals surface area (Å²) in [5.41, 5.74) is 0.894. The van der Waals surface area contributed by atoms with E-state index in [4.69, 9.17) is 0 Å². The van der Waals surface area contributed by atoms with E-state index in [9.17, 15) is 10.1 Å². The molecule has 0 spiro atoms. The molecule has 0 fully saturated rings. The number of hydrogen-bond donors (Lipinski definition) is 1. The van der Waals surface area contributed by atoms with Crippen LogP contribution in [-0.2, 0) is 0 Å². The van der Waals surface area contributed by atoms with Gasteiger partial charge in [-0.2, -0.15) is 5.26 Å². The maximum atomic E-state index is 12.0. The van der Waals surface area contributed by atoms with Crippen molar-refractivity contribution in [3.05, 3.63) is 45.8 Å². The summed E-state index contributed by atoms with van der Waals surface area (Å²) in [5.74, 6) is 1.49. The van der Waals surface area contributed by atoms with Crippen molar-refractivity contribution in [1.29, 1.82) is 5.26 Å². The second kappa shape index (κ2) is 8.68. The molecule has 0 unspecified atom stereocenters. The monoisotopic (exact) mass is 292 g/mol. The van der Waals surface area contributed by atoms with E-state index in [2.05, 4.69) is 11.4 Å². The molecule has 0 aliphatic carbocycles. The molecule has 0 radical (unpaired) electrons. The molecule has 1 amide bonds. The van der Waals surface area contributed by atoms with E-state index in [0.717, 1.165) is 15.7 Å². The van der Waals surface area contributed by atoms with E-state index in [1.807, 2.05) is 19.9 Å². The second-order valence-electron chi connectivity index (χ2n) is 3.46. The Labute approximate surface area is 122 Å². The van der Waals surface area contributed by atoms with Gasteiger partial charge < -0.3 is 5.32 Å². The van der Waals surface area contributed by atoms with Gasteiger partial charge in [-0.25, -0.2) is 0 Å². The molecule has 0 bridgehead atoms. The van der Waals surface area contributed by atoms with Crippen LogP contribution in [0.2, 0.25) is 0 Å². The molecule has 3 nitrogen and oxygen atoms in total. The molecule has 100 valence electrons. The molecule has 0 heterocycles. The Morgan fingerprint density at radius 2 is 1.79 bits per heavy atom. The normalized spacial score (nSPS) is 9.53. The van der Waals surface area contributed by atoms with Crippen LogP contribution >= 0.6 is 23.5 Å². The Bertz CT molecular complexity index is 484. The Hall–Kier alpha value is -1.38. The molecule has 5 heteroatoms. The Balaban J connectivity index is 2.89. The molecule has 1 N–H and O–H groups in total. The number of allylic oxidation sites excluding steroid dienone is 1. The third-order valence-corrected chi connectivity index (χ3v) is 4.36. The van der Waals surface area contributed by atoms with Gasteiger partial charge in [-0.3, -0.25) is 4.79 Å².